The van der Waals surface area contributed by atoms with Crippen LogP contribution in [0.25, 0.3) is 0 Å². The maximum absolute atomic E-state index is 11.7. The van der Waals surface area contributed by atoms with Gasteiger partial charge in [-0.25, -0.2) is 4.79 Å². The topological polar surface area (TPSA) is 46.6 Å². The Balaban J connectivity index is 2.40. The smallest absolute Gasteiger partial charge is 0.409 e. The van der Waals surface area contributed by atoms with Gasteiger partial charge in [0.2, 0.25) is 0 Å². The molecule has 0 N–H and O–H groups in total. The molecule has 4 nitrogen and oxygen atoms in total. The van der Waals surface area contributed by atoms with Crippen molar-refractivity contribution in [3.63, 3.8) is 0 Å². The number of ether oxygens (including phenoxy) is 1. The molecule has 0 aliphatic heterocycles. The fourth-order valence-corrected chi connectivity index (χ4v) is 1.98. The molecule has 1 aliphatic carbocycles. The van der Waals surface area contributed by atoms with Crippen LogP contribution in [0.15, 0.2) is 12.1 Å². The molecule has 0 aromatic heterocycles. The van der Waals surface area contributed by atoms with Crippen molar-refractivity contribution in [1.82, 2.24) is 4.90 Å². The van der Waals surface area contributed by atoms with Crippen molar-refractivity contribution in [2.45, 2.75) is 19.8 Å². The summed E-state index contributed by atoms with van der Waals surface area (Å²) in [5, 5.41) is 0. The number of carbonyl (C=O) groups excluding carboxylic acids is 2. The molecule has 0 radical (unpaired) electrons. The summed E-state index contributed by atoms with van der Waals surface area (Å²) in [5.74, 6) is 0.447. The molecule has 0 atom stereocenters. The molecule has 1 aliphatic rings. The number of amides is 1. The van der Waals surface area contributed by atoms with Crippen LogP contribution in [0.5, 0.6) is 5.75 Å². The summed E-state index contributed by atoms with van der Waals surface area (Å²) in [6.07, 6.45) is 0.783. The quantitative estimate of drug-likeness (QED) is 0.747. The zero-order valence-electron chi connectivity index (χ0n) is 10.2. The number of rotatable bonds is 1. The van der Waals surface area contributed by atoms with Gasteiger partial charge in [-0.2, -0.15) is 0 Å². The largest absolute Gasteiger partial charge is 0.414 e. The van der Waals surface area contributed by atoms with E-state index in [1.54, 1.807) is 20.2 Å². The van der Waals surface area contributed by atoms with E-state index in [0.717, 1.165) is 17.5 Å². The molecule has 1 amide bonds. The van der Waals surface area contributed by atoms with E-state index < -0.39 is 6.09 Å². The summed E-state index contributed by atoms with van der Waals surface area (Å²) in [6.45, 7) is 1.93. The van der Waals surface area contributed by atoms with Crippen molar-refractivity contribution >= 4 is 11.9 Å². The normalized spacial score (nSPS) is 13.5. The van der Waals surface area contributed by atoms with Gasteiger partial charge in [-0.3, -0.25) is 4.79 Å². The average Bonchev–Trinajstić information content (AvgIpc) is 2.59. The third-order valence-corrected chi connectivity index (χ3v) is 2.79. The highest BCUT2D eigenvalue weighted by Gasteiger charge is 2.25. The standard InChI is InChI=1S/C13H15NO3/c1-8-6-9-4-5-10(15)12(9)11(7-8)17-13(16)14(2)3/h6-7H,4-5H2,1-3H3. The number of carbonyl (C=O) groups is 2. The first-order valence-electron chi connectivity index (χ1n) is 5.55. The Hall–Kier alpha value is -1.84. The second-order valence-electron chi connectivity index (χ2n) is 4.48. The summed E-state index contributed by atoms with van der Waals surface area (Å²) in [6, 6.07) is 3.72. The van der Waals surface area contributed by atoms with Crippen molar-refractivity contribution in [2.24, 2.45) is 0 Å². The Labute approximate surface area is 100 Å². The summed E-state index contributed by atoms with van der Waals surface area (Å²) in [5.41, 5.74) is 2.56. The SMILES string of the molecule is Cc1cc2c(c(OC(=O)N(C)C)c1)C(=O)CC2. The minimum Gasteiger partial charge on any atom is -0.409 e. The van der Waals surface area contributed by atoms with Crippen LogP contribution in [-0.2, 0) is 6.42 Å². The van der Waals surface area contributed by atoms with Crippen molar-refractivity contribution in [3.05, 3.63) is 28.8 Å². The minimum absolute atomic E-state index is 0.0570. The maximum atomic E-state index is 11.7. The molecule has 17 heavy (non-hydrogen) atoms. The number of benzene rings is 1. The van der Waals surface area contributed by atoms with Crippen LogP contribution < -0.4 is 4.74 Å². The molecule has 0 spiro atoms. The Bertz CT molecular complexity index is 492. The van der Waals surface area contributed by atoms with Crippen LogP contribution in [0.1, 0.15) is 27.9 Å². The molecular weight excluding hydrogens is 218 g/mol. The molecule has 2 rings (SSSR count). The highest BCUT2D eigenvalue weighted by molar-refractivity contribution is 6.03. The predicted octanol–water partition coefficient (Wildman–Crippen LogP) is 2.18. The molecule has 0 bridgehead atoms. The van der Waals surface area contributed by atoms with Crippen molar-refractivity contribution < 1.29 is 14.3 Å². The number of hydrogen-bond donors (Lipinski definition) is 0. The number of Topliss-reactive ketones (excluding diaryl/α,β-unsaturated/α-hetero) is 1. The zero-order chi connectivity index (χ0) is 12.6. The highest BCUT2D eigenvalue weighted by atomic mass is 16.6. The molecule has 1 aromatic rings. The van der Waals surface area contributed by atoms with Gasteiger partial charge in [-0.15, -0.1) is 0 Å². The van der Waals surface area contributed by atoms with E-state index >= 15 is 0 Å². The Kier molecular flexibility index (Phi) is 2.88. The summed E-state index contributed by atoms with van der Waals surface area (Å²) >= 11 is 0. The molecule has 0 unspecified atom stereocenters. The number of ketones is 1. The Morgan fingerprint density at radius 2 is 2.00 bits per heavy atom. The van der Waals surface area contributed by atoms with Gasteiger partial charge >= 0.3 is 6.09 Å². The minimum atomic E-state index is -0.461. The summed E-state index contributed by atoms with van der Waals surface area (Å²) < 4.78 is 5.24. The van der Waals surface area contributed by atoms with Crippen LogP contribution in [-0.4, -0.2) is 30.9 Å². The number of fused-ring (bicyclic) bond motifs is 1. The third kappa shape index (κ3) is 2.16. The van der Waals surface area contributed by atoms with Crippen LogP contribution in [0.3, 0.4) is 0 Å². The molecule has 0 saturated heterocycles. The van der Waals surface area contributed by atoms with Crippen LogP contribution in [0.4, 0.5) is 4.79 Å². The first kappa shape index (κ1) is 11.6. The lowest BCUT2D eigenvalue weighted by Crippen LogP contribution is -2.26. The van der Waals surface area contributed by atoms with Gasteiger partial charge < -0.3 is 9.64 Å². The molecule has 0 saturated carbocycles. The van der Waals surface area contributed by atoms with E-state index in [1.807, 2.05) is 13.0 Å². The summed E-state index contributed by atoms with van der Waals surface area (Å²) in [4.78, 5) is 24.6. The molecule has 0 heterocycles. The second kappa shape index (κ2) is 4.20. The zero-order valence-corrected chi connectivity index (χ0v) is 10.2. The van der Waals surface area contributed by atoms with Crippen molar-refractivity contribution in [1.29, 1.82) is 0 Å². The van der Waals surface area contributed by atoms with Crippen LogP contribution >= 0.6 is 0 Å². The van der Waals surface area contributed by atoms with E-state index in [0.29, 0.717) is 17.7 Å². The van der Waals surface area contributed by atoms with E-state index in [4.69, 9.17) is 4.74 Å². The van der Waals surface area contributed by atoms with E-state index in [2.05, 4.69) is 0 Å². The number of nitrogens with zero attached hydrogens (tertiary/aromatic N) is 1. The molecular formula is C13H15NO3. The lowest BCUT2D eigenvalue weighted by Gasteiger charge is -2.13. The van der Waals surface area contributed by atoms with E-state index in [1.165, 1.54) is 4.90 Å². The van der Waals surface area contributed by atoms with Gasteiger partial charge in [0, 0.05) is 20.5 Å². The van der Waals surface area contributed by atoms with Gasteiger partial charge in [0.05, 0.1) is 5.56 Å². The maximum Gasteiger partial charge on any atom is 0.414 e. The molecule has 1 aromatic carbocycles. The monoisotopic (exact) mass is 233 g/mol. The lowest BCUT2D eigenvalue weighted by atomic mass is 10.1. The van der Waals surface area contributed by atoms with Crippen molar-refractivity contribution in [3.8, 4) is 5.75 Å². The summed E-state index contributed by atoms with van der Waals surface area (Å²) in [7, 11) is 3.22. The van der Waals surface area contributed by atoms with E-state index in [9.17, 15) is 9.59 Å². The Morgan fingerprint density at radius 1 is 1.29 bits per heavy atom. The van der Waals surface area contributed by atoms with Gasteiger partial charge in [0.1, 0.15) is 5.75 Å². The lowest BCUT2D eigenvalue weighted by molar-refractivity contribution is 0.0992. The van der Waals surface area contributed by atoms with E-state index in [-0.39, 0.29) is 5.78 Å². The second-order valence-corrected chi connectivity index (χ2v) is 4.48. The Morgan fingerprint density at radius 3 is 2.65 bits per heavy atom. The first-order valence-corrected chi connectivity index (χ1v) is 5.55. The fourth-order valence-electron chi connectivity index (χ4n) is 1.98. The van der Waals surface area contributed by atoms with Crippen LogP contribution in [0.2, 0.25) is 0 Å². The van der Waals surface area contributed by atoms with Gasteiger partial charge in [-0.05, 0) is 30.5 Å². The van der Waals surface area contributed by atoms with Gasteiger partial charge in [0.25, 0.3) is 0 Å². The molecule has 90 valence electrons. The molecule has 4 heteroatoms. The van der Waals surface area contributed by atoms with Crippen molar-refractivity contribution in [2.75, 3.05) is 14.1 Å². The highest BCUT2D eigenvalue weighted by Crippen LogP contribution is 2.32. The number of hydrogen-bond acceptors (Lipinski definition) is 3. The third-order valence-electron chi connectivity index (χ3n) is 2.79. The fraction of sp³-hybridized carbons (Fsp3) is 0.385. The van der Waals surface area contributed by atoms with Crippen LogP contribution in [0, 0.1) is 6.92 Å². The molecule has 0 fully saturated rings. The average molecular weight is 233 g/mol. The van der Waals surface area contributed by atoms with Gasteiger partial charge in [-0.1, -0.05) is 6.07 Å². The van der Waals surface area contributed by atoms with Gasteiger partial charge in [0.15, 0.2) is 5.78 Å². The predicted molar refractivity (Wildman–Crippen MR) is 63.5 cm³/mol. The first-order chi connectivity index (χ1) is 7.99. The number of aryl methyl sites for hydroxylation is 2.